The lowest BCUT2D eigenvalue weighted by Crippen LogP contribution is -2.34. The zero-order valence-corrected chi connectivity index (χ0v) is 12.8. The quantitative estimate of drug-likeness (QED) is 0.628. The van der Waals surface area contributed by atoms with E-state index in [9.17, 15) is 8.42 Å². The third kappa shape index (κ3) is 6.05. The SMILES string of the molecule is O=S(=O)(CC1CCCO1)NCCCOC1CCNCC1. The van der Waals surface area contributed by atoms with Crippen LogP contribution in [0.2, 0.25) is 0 Å². The first-order valence-corrected chi connectivity index (χ1v) is 9.22. The Labute approximate surface area is 121 Å². The van der Waals surface area contributed by atoms with Gasteiger partial charge in [0, 0.05) is 19.8 Å². The highest BCUT2D eigenvalue weighted by Crippen LogP contribution is 2.13. The van der Waals surface area contributed by atoms with Crippen LogP contribution >= 0.6 is 0 Å². The molecule has 0 aromatic rings. The minimum Gasteiger partial charge on any atom is -0.378 e. The van der Waals surface area contributed by atoms with Crippen LogP contribution in [-0.2, 0) is 19.5 Å². The summed E-state index contributed by atoms with van der Waals surface area (Å²) in [6.45, 7) is 3.77. The van der Waals surface area contributed by atoms with Crippen LogP contribution in [0.5, 0.6) is 0 Å². The summed E-state index contributed by atoms with van der Waals surface area (Å²) in [7, 11) is -3.21. The minimum absolute atomic E-state index is 0.0855. The number of piperidine rings is 1. The largest absolute Gasteiger partial charge is 0.378 e. The fraction of sp³-hybridized carbons (Fsp3) is 1.00. The monoisotopic (exact) mass is 306 g/mol. The molecule has 0 aromatic carbocycles. The van der Waals surface area contributed by atoms with Crippen LogP contribution < -0.4 is 10.0 Å². The van der Waals surface area contributed by atoms with E-state index in [1.54, 1.807) is 0 Å². The summed E-state index contributed by atoms with van der Waals surface area (Å²) in [5, 5.41) is 3.29. The maximum atomic E-state index is 11.8. The van der Waals surface area contributed by atoms with E-state index < -0.39 is 10.0 Å². The molecule has 2 rings (SSSR count). The summed E-state index contributed by atoms with van der Waals surface area (Å²) >= 11 is 0. The molecule has 2 N–H and O–H groups in total. The Balaban J connectivity index is 1.53. The van der Waals surface area contributed by atoms with Crippen molar-refractivity contribution in [2.45, 2.75) is 44.3 Å². The zero-order valence-electron chi connectivity index (χ0n) is 12.0. The second-order valence-electron chi connectivity index (χ2n) is 5.48. The van der Waals surface area contributed by atoms with Gasteiger partial charge < -0.3 is 14.8 Å². The summed E-state index contributed by atoms with van der Waals surface area (Å²) < 4.78 is 37.3. The fourth-order valence-corrected chi connectivity index (χ4v) is 3.92. The summed E-state index contributed by atoms with van der Waals surface area (Å²) in [6, 6.07) is 0. The van der Waals surface area contributed by atoms with E-state index in [-0.39, 0.29) is 11.9 Å². The van der Waals surface area contributed by atoms with Gasteiger partial charge in [0.2, 0.25) is 10.0 Å². The average Bonchev–Trinajstić information content (AvgIpc) is 2.91. The number of ether oxygens (including phenoxy) is 2. The maximum Gasteiger partial charge on any atom is 0.214 e. The van der Waals surface area contributed by atoms with Crippen molar-refractivity contribution in [1.29, 1.82) is 0 Å². The van der Waals surface area contributed by atoms with Gasteiger partial charge in [-0.1, -0.05) is 0 Å². The summed E-state index contributed by atoms with van der Waals surface area (Å²) in [6.07, 6.45) is 4.83. The molecule has 1 atom stereocenters. The molecule has 7 heteroatoms. The number of nitrogens with one attached hydrogen (secondary N) is 2. The Kier molecular flexibility index (Phi) is 6.70. The topological polar surface area (TPSA) is 76.7 Å². The molecule has 2 aliphatic rings. The first-order chi connectivity index (χ1) is 9.66. The Morgan fingerprint density at radius 2 is 2.05 bits per heavy atom. The van der Waals surface area contributed by atoms with Gasteiger partial charge in [0.25, 0.3) is 0 Å². The Bertz CT molecular complexity index is 363. The lowest BCUT2D eigenvalue weighted by molar-refractivity contribution is 0.0322. The molecule has 2 heterocycles. The summed E-state index contributed by atoms with van der Waals surface area (Å²) in [5.41, 5.74) is 0. The number of rotatable bonds is 8. The highest BCUT2D eigenvalue weighted by molar-refractivity contribution is 7.89. The molecule has 0 saturated carbocycles. The highest BCUT2D eigenvalue weighted by Gasteiger charge is 2.22. The van der Waals surface area contributed by atoms with Crippen molar-refractivity contribution in [2.24, 2.45) is 0 Å². The molecule has 0 spiro atoms. The molecule has 2 saturated heterocycles. The molecule has 0 aliphatic carbocycles. The van der Waals surface area contributed by atoms with E-state index in [0.717, 1.165) is 38.8 Å². The lowest BCUT2D eigenvalue weighted by Gasteiger charge is -2.22. The van der Waals surface area contributed by atoms with Crippen LogP contribution in [0.1, 0.15) is 32.1 Å². The van der Waals surface area contributed by atoms with Gasteiger partial charge in [0.15, 0.2) is 0 Å². The molecular weight excluding hydrogens is 280 g/mol. The van der Waals surface area contributed by atoms with Gasteiger partial charge in [-0.05, 0) is 45.2 Å². The Morgan fingerprint density at radius 1 is 1.25 bits per heavy atom. The lowest BCUT2D eigenvalue weighted by atomic mass is 10.1. The molecular formula is C13H26N2O4S. The summed E-state index contributed by atoms with van der Waals surface area (Å²) in [5.74, 6) is 0.0855. The maximum absolute atomic E-state index is 11.8. The van der Waals surface area contributed by atoms with Crippen molar-refractivity contribution in [3.05, 3.63) is 0 Å². The highest BCUT2D eigenvalue weighted by atomic mass is 32.2. The van der Waals surface area contributed by atoms with Gasteiger partial charge in [0.1, 0.15) is 0 Å². The van der Waals surface area contributed by atoms with E-state index in [0.29, 0.717) is 32.3 Å². The third-order valence-electron chi connectivity index (χ3n) is 3.71. The van der Waals surface area contributed by atoms with Gasteiger partial charge in [-0.3, -0.25) is 0 Å². The van der Waals surface area contributed by atoms with Crippen LogP contribution in [0.3, 0.4) is 0 Å². The first-order valence-electron chi connectivity index (χ1n) is 7.57. The van der Waals surface area contributed by atoms with Crippen molar-refractivity contribution in [1.82, 2.24) is 10.0 Å². The van der Waals surface area contributed by atoms with Crippen molar-refractivity contribution in [3.63, 3.8) is 0 Å². The minimum atomic E-state index is -3.21. The van der Waals surface area contributed by atoms with E-state index >= 15 is 0 Å². The predicted octanol–water partition coefficient (Wildman–Crippen LogP) is 0.244. The molecule has 0 aromatic heterocycles. The predicted molar refractivity (Wildman–Crippen MR) is 77.2 cm³/mol. The standard InChI is InChI=1S/C13H26N2O4S/c16-20(17,11-13-3-1-9-19-13)15-6-2-10-18-12-4-7-14-8-5-12/h12-15H,1-11H2. The molecule has 2 aliphatic heterocycles. The van der Waals surface area contributed by atoms with E-state index in [4.69, 9.17) is 9.47 Å². The second-order valence-corrected chi connectivity index (χ2v) is 7.34. The van der Waals surface area contributed by atoms with Crippen molar-refractivity contribution < 1.29 is 17.9 Å². The van der Waals surface area contributed by atoms with Gasteiger partial charge in [-0.15, -0.1) is 0 Å². The molecule has 0 radical (unpaired) electrons. The number of hydrogen-bond acceptors (Lipinski definition) is 5. The van der Waals surface area contributed by atoms with Gasteiger partial charge in [-0.2, -0.15) is 0 Å². The molecule has 1 unspecified atom stereocenters. The molecule has 0 amide bonds. The molecule has 0 bridgehead atoms. The zero-order chi connectivity index (χ0) is 14.3. The van der Waals surface area contributed by atoms with Crippen LogP contribution in [0.4, 0.5) is 0 Å². The Hall–Kier alpha value is -0.210. The Morgan fingerprint density at radius 3 is 2.75 bits per heavy atom. The molecule has 2 fully saturated rings. The van der Waals surface area contributed by atoms with Crippen LogP contribution in [0.25, 0.3) is 0 Å². The molecule has 6 nitrogen and oxygen atoms in total. The van der Waals surface area contributed by atoms with Gasteiger partial charge in [0.05, 0.1) is 18.0 Å². The summed E-state index contributed by atoms with van der Waals surface area (Å²) in [4.78, 5) is 0. The van der Waals surface area contributed by atoms with Crippen LogP contribution in [0, 0.1) is 0 Å². The number of hydrogen-bond donors (Lipinski definition) is 2. The second kappa shape index (κ2) is 8.29. The molecule has 118 valence electrons. The van der Waals surface area contributed by atoms with Crippen LogP contribution in [0.15, 0.2) is 0 Å². The molecule has 20 heavy (non-hydrogen) atoms. The van der Waals surface area contributed by atoms with Gasteiger partial charge in [-0.25, -0.2) is 13.1 Å². The van der Waals surface area contributed by atoms with E-state index in [2.05, 4.69) is 10.0 Å². The van der Waals surface area contributed by atoms with Crippen molar-refractivity contribution in [2.75, 3.05) is 38.6 Å². The average molecular weight is 306 g/mol. The smallest absolute Gasteiger partial charge is 0.214 e. The first kappa shape index (κ1) is 16.2. The normalized spacial score (nSPS) is 25.1. The van der Waals surface area contributed by atoms with Crippen molar-refractivity contribution in [3.8, 4) is 0 Å². The van der Waals surface area contributed by atoms with E-state index in [1.165, 1.54) is 0 Å². The van der Waals surface area contributed by atoms with E-state index in [1.807, 2.05) is 0 Å². The van der Waals surface area contributed by atoms with Crippen molar-refractivity contribution >= 4 is 10.0 Å². The van der Waals surface area contributed by atoms with Gasteiger partial charge >= 0.3 is 0 Å². The van der Waals surface area contributed by atoms with Crippen LogP contribution in [-0.4, -0.2) is 59.2 Å². The number of sulfonamides is 1. The third-order valence-corrected chi connectivity index (χ3v) is 5.17. The fourth-order valence-electron chi connectivity index (χ4n) is 2.59.